The molecule has 2 aliphatic heterocycles. The Kier molecular flexibility index (Phi) is 3.20. The maximum Gasteiger partial charge on any atom is 0.0114 e. The van der Waals surface area contributed by atoms with Crippen molar-refractivity contribution >= 4 is 0 Å². The van der Waals surface area contributed by atoms with Gasteiger partial charge in [0.25, 0.3) is 0 Å². The van der Waals surface area contributed by atoms with Gasteiger partial charge in [0.2, 0.25) is 0 Å². The van der Waals surface area contributed by atoms with Crippen molar-refractivity contribution in [3.05, 3.63) is 0 Å². The minimum atomic E-state index is 0.752. The Bertz CT molecular complexity index is 258. The molecule has 1 aliphatic carbocycles. The molecule has 0 spiro atoms. The minimum Gasteiger partial charge on any atom is -0.317 e. The van der Waals surface area contributed by atoms with Crippen LogP contribution in [0.25, 0.3) is 0 Å². The number of nitrogens with zero attached hydrogens (tertiary/aromatic N) is 1. The van der Waals surface area contributed by atoms with Crippen molar-refractivity contribution in [1.29, 1.82) is 0 Å². The van der Waals surface area contributed by atoms with Crippen molar-refractivity contribution in [2.24, 2.45) is 5.41 Å². The molecule has 0 amide bonds. The second-order valence-electron chi connectivity index (χ2n) is 6.76. The highest BCUT2D eigenvalue weighted by atomic mass is 15.2. The van der Waals surface area contributed by atoms with Gasteiger partial charge in [-0.2, -0.15) is 0 Å². The summed E-state index contributed by atoms with van der Waals surface area (Å²) < 4.78 is 0. The Morgan fingerprint density at radius 2 is 1.82 bits per heavy atom. The first kappa shape index (κ1) is 12.0. The lowest BCUT2D eigenvalue weighted by Gasteiger charge is -2.41. The molecule has 2 saturated heterocycles. The largest absolute Gasteiger partial charge is 0.317 e. The number of piperidine rings is 1. The Hall–Kier alpha value is -0.0800. The van der Waals surface area contributed by atoms with Crippen LogP contribution in [-0.4, -0.2) is 36.6 Å². The van der Waals surface area contributed by atoms with E-state index in [1.807, 2.05) is 0 Å². The molecule has 3 rings (SSSR count). The predicted octanol–water partition coefficient (Wildman–Crippen LogP) is 2.78. The molecule has 1 saturated carbocycles. The molecule has 98 valence electrons. The summed E-state index contributed by atoms with van der Waals surface area (Å²) in [4.78, 5) is 2.90. The number of hydrogen-bond acceptors (Lipinski definition) is 2. The summed E-state index contributed by atoms with van der Waals surface area (Å²) >= 11 is 0. The Morgan fingerprint density at radius 3 is 2.29 bits per heavy atom. The van der Waals surface area contributed by atoms with Gasteiger partial charge in [-0.15, -0.1) is 0 Å². The fourth-order valence-electron chi connectivity index (χ4n) is 4.35. The minimum absolute atomic E-state index is 0.752. The number of fused-ring (bicyclic) bond motifs is 2. The lowest BCUT2D eigenvalue weighted by molar-refractivity contribution is 0.0912. The zero-order valence-corrected chi connectivity index (χ0v) is 11.5. The molecule has 2 bridgehead atoms. The van der Waals surface area contributed by atoms with Gasteiger partial charge in [-0.3, -0.25) is 4.90 Å². The molecule has 0 aromatic heterocycles. The average molecular weight is 236 g/mol. The first-order chi connectivity index (χ1) is 8.26. The molecule has 2 nitrogen and oxygen atoms in total. The first-order valence-electron chi connectivity index (χ1n) is 7.69. The normalized spacial score (nSPS) is 39.5. The zero-order valence-electron chi connectivity index (χ0n) is 11.5. The van der Waals surface area contributed by atoms with E-state index in [9.17, 15) is 0 Å². The highest BCUT2D eigenvalue weighted by molar-refractivity contribution is 5.03. The number of rotatable bonds is 5. The van der Waals surface area contributed by atoms with Crippen LogP contribution >= 0.6 is 0 Å². The number of nitrogens with one attached hydrogen (secondary N) is 1. The molecule has 17 heavy (non-hydrogen) atoms. The standard InChI is InChI=1S/C15H28N2/c1-3-6-15(7-8-15)11-17-13-4-5-14(17)10-12(9-13)16-2/h12-14,16H,3-11H2,1-2H3. The molecule has 0 aromatic carbocycles. The van der Waals surface area contributed by atoms with Gasteiger partial charge in [-0.25, -0.2) is 0 Å². The summed E-state index contributed by atoms with van der Waals surface area (Å²) in [6.07, 6.45) is 11.6. The van der Waals surface area contributed by atoms with Crippen molar-refractivity contribution in [1.82, 2.24) is 10.2 Å². The van der Waals surface area contributed by atoms with Crippen LogP contribution in [0.5, 0.6) is 0 Å². The van der Waals surface area contributed by atoms with E-state index in [1.165, 1.54) is 57.9 Å². The molecule has 2 unspecified atom stereocenters. The van der Waals surface area contributed by atoms with Crippen molar-refractivity contribution < 1.29 is 0 Å². The van der Waals surface area contributed by atoms with Gasteiger partial charge in [0, 0.05) is 24.7 Å². The van der Waals surface area contributed by atoms with E-state index >= 15 is 0 Å². The smallest absolute Gasteiger partial charge is 0.0114 e. The van der Waals surface area contributed by atoms with E-state index in [1.54, 1.807) is 0 Å². The summed E-state index contributed by atoms with van der Waals surface area (Å²) in [5.41, 5.74) is 0.752. The van der Waals surface area contributed by atoms with Crippen LogP contribution in [0.1, 0.15) is 58.3 Å². The fourth-order valence-corrected chi connectivity index (χ4v) is 4.35. The molecular weight excluding hydrogens is 208 g/mol. The zero-order chi connectivity index (χ0) is 11.9. The van der Waals surface area contributed by atoms with E-state index in [0.29, 0.717) is 0 Å². The Balaban J connectivity index is 1.62. The average Bonchev–Trinajstić information content (AvgIpc) is 3.04. The summed E-state index contributed by atoms with van der Waals surface area (Å²) in [7, 11) is 2.14. The third kappa shape index (κ3) is 2.26. The lowest BCUT2D eigenvalue weighted by Crippen LogP contribution is -2.50. The summed E-state index contributed by atoms with van der Waals surface area (Å²) in [5, 5.41) is 3.50. The maximum absolute atomic E-state index is 3.50. The van der Waals surface area contributed by atoms with Crippen LogP contribution in [0, 0.1) is 5.41 Å². The topological polar surface area (TPSA) is 15.3 Å². The monoisotopic (exact) mass is 236 g/mol. The maximum atomic E-state index is 3.50. The molecule has 0 aromatic rings. The molecule has 2 heterocycles. The van der Waals surface area contributed by atoms with Crippen LogP contribution in [0.3, 0.4) is 0 Å². The van der Waals surface area contributed by atoms with E-state index in [-0.39, 0.29) is 0 Å². The van der Waals surface area contributed by atoms with Crippen LogP contribution in [0.2, 0.25) is 0 Å². The molecule has 2 heteroatoms. The van der Waals surface area contributed by atoms with Gasteiger partial charge >= 0.3 is 0 Å². The molecule has 3 aliphatic rings. The summed E-state index contributed by atoms with van der Waals surface area (Å²) in [6, 6.07) is 2.60. The van der Waals surface area contributed by atoms with Gasteiger partial charge in [0.15, 0.2) is 0 Å². The summed E-state index contributed by atoms with van der Waals surface area (Å²) in [6.45, 7) is 3.77. The van der Waals surface area contributed by atoms with Crippen LogP contribution in [0.4, 0.5) is 0 Å². The SMILES string of the molecule is CCCC1(CN2C3CCC2CC(NC)C3)CC1. The van der Waals surface area contributed by atoms with E-state index in [0.717, 1.165) is 23.5 Å². The van der Waals surface area contributed by atoms with E-state index in [4.69, 9.17) is 0 Å². The fraction of sp³-hybridized carbons (Fsp3) is 1.00. The quantitative estimate of drug-likeness (QED) is 0.789. The molecule has 1 N–H and O–H groups in total. The van der Waals surface area contributed by atoms with Gasteiger partial charge in [0.1, 0.15) is 0 Å². The molecular formula is C15H28N2. The van der Waals surface area contributed by atoms with Gasteiger partial charge in [0.05, 0.1) is 0 Å². The van der Waals surface area contributed by atoms with Gasteiger partial charge in [-0.1, -0.05) is 13.3 Å². The molecule has 0 radical (unpaired) electrons. The van der Waals surface area contributed by atoms with E-state index in [2.05, 4.69) is 24.2 Å². The molecule has 3 fully saturated rings. The lowest BCUT2D eigenvalue weighted by atomic mass is 9.93. The summed E-state index contributed by atoms with van der Waals surface area (Å²) in [5.74, 6) is 0. The predicted molar refractivity (Wildman–Crippen MR) is 72.2 cm³/mol. The van der Waals surface area contributed by atoms with Crippen LogP contribution < -0.4 is 5.32 Å². The third-order valence-corrected chi connectivity index (χ3v) is 5.55. The van der Waals surface area contributed by atoms with E-state index < -0.39 is 0 Å². The molecule has 2 atom stereocenters. The first-order valence-corrected chi connectivity index (χ1v) is 7.69. The second-order valence-corrected chi connectivity index (χ2v) is 6.76. The highest BCUT2D eigenvalue weighted by Crippen LogP contribution is 2.52. The third-order valence-electron chi connectivity index (χ3n) is 5.55. The van der Waals surface area contributed by atoms with Crippen molar-refractivity contribution in [3.8, 4) is 0 Å². The van der Waals surface area contributed by atoms with Crippen LogP contribution in [-0.2, 0) is 0 Å². The van der Waals surface area contributed by atoms with Crippen molar-refractivity contribution in [2.75, 3.05) is 13.6 Å². The van der Waals surface area contributed by atoms with Gasteiger partial charge in [-0.05, 0) is 57.4 Å². The van der Waals surface area contributed by atoms with Crippen LogP contribution in [0.15, 0.2) is 0 Å². The Labute approximate surface area is 106 Å². The number of hydrogen-bond donors (Lipinski definition) is 1. The van der Waals surface area contributed by atoms with Crippen molar-refractivity contribution in [2.45, 2.75) is 76.4 Å². The Morgan fingerprint density at radius 1 is 1.18 bits per heavy atom. The van der Waals surface area contributed by atoms with Crippen molar-refractivity contribution in [3.63, 3.8) is 0 Å². The van der Waals surface area contributed by atoms with Gasteiger partial charge < -0.3 is 5.32 Å². The second kappa shape index (κ2) is 4.55. The highest BCUT2D eigenvalue weighted by Gasteiger charge is 2.48.